The maximum atomic E-state index is 13.0. The Morgan fingerprint density at radius 1 is 1.00 bits per heavy atom. The summed E-state index contributed by atoms with van der Waals surface area (Å²) in [4.78, 5) is 0. The van der Waals surface area contributed by atoms with E-state index in [1.165, 1.54) is 6.07 Å². The van der Waals surface area contributed by atoms with Crippen molar-refractivity contribution >= 4 is 0 Å². The molecule has 0 atom stereocenters. The number of rotatable bonds is 3. The molecule has 106 valence electrons. The van der Waals surface area contributed by atoms with Crippen LogP contribution in [0, 0.1) is 6.92 Å². The quantitative estimate of drug-likeness (QED) is 0.734. The molecular weight excluding hydrogens is 265 g/mol. The van der Waals surface area contributed by atoms with Gasteiger partial charge >= 0.3 is 6.18 Å². The molecule has 0 saturated heterocycles. The first-order valence-corrected chi connectivity index (χ1v) is 6.35. The third-order valence-electron chi connectivity index (χ3n) is 3.00. The standard InChI is InChI=1S/C16H15F3O/c1-3-12-5-7-13(8-6-12)20-15-9-4-11(2)10-14(15)16(17,18)19/h4-10H,3H2,1-2H3. The van der Waals surface area contributed by atoms with E-state index in [4.69, 9.17) is 4.74 Å². The molecule has 2 rings (SSSR count). The summed E-state index contributed by atoms with van der Waals surface area (Å²) in [6.07, 6.45) is -3.55. The van der Waals surface area contributed by atoms with Crippen LogP contribution in [0.5, 0.6) is 11.5 Å². The summed E-state index contributed by atoms with van der Waals surface area (Å²) in [5.74, 6) is 0.226. The van der Waals surface area contributed by atoms with Gasteiger partial charge in [0, 0.05) is 0 Å². The molecule has 0 bridgehead atoms. The van der Waals surface area contributed by atoms with E-state index in [-0.39, 0.29) is 5.75 Å². The molecule has 1 nitrogen and oxygen atoms in total. The zero-order valence-corrected chi connectivity index (χ0v) is 11.3. The smallest absolute Gasteiger partial charge is 0.419 e. The van der Waals surface area contributed by atoms with E-state index in [2.05, 4.69) is 0 Å². The molecule has 0 N–H and O–H groups in total. The maximum absolute atomic E-state index is 13.0. The van der Waals surface area contributed by atoms with Crippen molar-refractivity contribution in [2.45, 2.75) is 26.4 Å². The molecule has 0 heterocycles. The van der Waals surface area contributed by atoms with E-state index in [9.17, 15) is 13.2 Å². The van der Waals surface area contributed by atoms with Crippen molar-refractivity contribution in [3.63, 3.8) is 0 Å². The van der Waals surface area contributed by atoms with Crippen LogP contribution in [0.25, 0.3) is 0 Å². The van der Waals surface area contributed by atoms with Crippen molar-refractivity contribution in [1.82, 2.24) is 0 Å². The lowest BCUT2D eigenvalue weighted by Gasteiger charge is -2.14. The summed E-state index contributed by atoms with van der Waals surface area (Å²) in [7, 11) is 0. The topological polar surface area (TPSA) is 9.23 Å². The van der Waals surface area contributed by atoms with Gasteiger partial charge in [0.15, 0.2) is 0 Å². The number of hydrogen-bond donors (Lipinski definition) is 0. The minimum atomic E-state index is -4.43. The fourth-order valence-corrected chi connectivity index (χ4v) is 1.87. The average molecular weight is 280 g/mol. The van der Waals surface area contributed by atoms with Gasteiger partial charge in [-0.1, -0.05) is 30.7 Å². The zero-order valence-electron chi connectivity index (χ0n) is 11.3. The SMILES string of the molecule is CCc1ccc(Oc2ccc(C)cc2C(F)(F)F)cc1. The first-order chi connectivity index (χ1) is 9.40. The van der Waals surface area contributed by atoms with Gasteiger partial charge in [-0.25, -0.2) is 0 Å². The summed E-state index contributed by atoms with van der Waals surface area (Å²) < 4.78 is 44.3. The highest BCUT2D eigenvalue weighted by atomic mass is 19.4. The van der Waals surface area contributed by atoms with Crippen molar-refractivity contribution in [2.75, 3.05) is 0 Å². The van der Waals surface area contributed by atoms with Crippen molar-refractivity contribution in [1.29, 1.82) is 0 Å². The van der Waals surface area contributed by atoms with E-state index in [1.807, 2.05) is 19.1 Å². The third kappa shape index (κ3) is 3.32. The van der Waals surface area contributed by atoms with Crippen LogP contribution in [0.3, 0.4) is 0 Å². The summed E-state index contributed by atoms with van der Waals surface area (Å²) in [6.45, 7) is 3.63. The predicted molar refractivity (Wildman–Crippen MR) is 72.1 cm³/mol. The first-order valence-electron chi connectivity index (χ1n) is 6.35. The van der Waals surface area contributed by atoms with Gasteiger partial charge in [-0.05, 0) is 43.2 Å². The van der Waals surface area contributed by atoms with Crippen molar-refractivity contribution < 1.29 is 17.9 Å². The second-order valence-electron chi connectivity index (χ2n) is 4.60. The molecule has 0 aliphatic rings. The van der Waals surface area contributed by atoms with Crippen LogP contribution in [0.4, 0.5) is 13.2 Å². The zero-order chi connectivity index (χ0) is 14.8. The van der Waals surface area contributed by atoms with Gasteiger partial charge in [0.2, 0.25) is 0 Å². The molecule has 0 aromatic heterocycles. The molecule has 2 aromatic rings. The minimum Gasteiger partial charge on any atom is -0.457 e. The molecule has 0 unspecified atom stereocenters. The highest BCUT2D eigenvalue weighted by molar-refractivity contribution is 5.42. The Morgan fingerprint density at radius 3 is 2.20 bits per heavy atom. The fourth-order valence-electron chi connectivity index (χ4n) is 1.87. The van der Waals surface area contributed by atoms with Crippen LogP contribution in [0.15, 0.2) is 42.5 Å². The largest absolute Gasteiger partial charge is 0.457 e. The fraction of sp³-hybridized carbons (Fsp3) is 0.250. The summed E-state index contributed by atoms with van der Waals surface area (Å²) in [6, 6.07) is 11.1. The second-order valence-corrected chi connectivity index (χ2v) is 4.60. The molecule has 0 amide bonds. The number of ether oxygens (including phenoxy) is 1. The molecule has 0 saturated carbocycles. The highest BCUT2D eigenvalue weighted by Crippen LogP contribution is 2.38. The van der Waals surface area contributed by atoms with Gasteiger partial charge in [-0.2, -0.15) is 13.2 Å². The molecule has 0 aliphatic heterocycles. The Morgan fingerprint density at radius 2 is 1.65 bits per heavy atom. The monoisotopic (exact) mass is 280 g/mol. The number of aryl methyl sites for hydroxylation is 2. The van der Waals surface area contributed by atoms with Gasteiger partial charge in [-0.3, -0.25) is 0 Å². The van der Waals surface area contributed by atoms with Crippen LogP contribution >= 0.6 is 0 Å². The predicted octanol–water partition coefficient (Wildman–Crippen LogP) is 5.37. The van der Waals surface area contributed by atoms with Crippen LogP contribution in [0.1, 0.15) is 23.6 Å². The lowest BCUT2D eigenvalue weighted by atomic mass is 10.1. The number of benzene rings is 2. The van der Waals surface area contributed by atoms with Crippen LogP contribution < -0.4 is 4.74 Å². The number of alkyl halides is 3. The van der Waals surface area contributed by atoms with Crippen LogP contribution in [-0.2, 0) is 12.6 Å². The average Bonchev–Trinajstić information content (AvgIpc) is 2.40. The van der Waals surface area contributed by atoms with Gasteiger partial charge in [0.05, 0.1) is 5.56 Å². The number of hydrogen-bond acceptors (Lipinski definition) is 1. The molecule has 0 spiro atoms. The summed E-state index contributed by atoms with van der Waals surface area (Å²) in [5.41, 5.74) is 0.903. The van der Waals surface area contributed by atoms with Gasteiger partial charge < -0.3 is 4.74 Å². The van der Waals surface area contributed by atoms with E-state index < -0.39 is 11.7 Å². The van der Waals surface area contributed by atoms with Gasteiger partial charge in [0.1, 0.15) is 11.5 Å². The van der Waals surface area contributed by atoms with Crippen molar-refractivity contribution in [3.8, 4) is 11.5 Å². The Bertz CT molecular complexity index is 586. The summed E-state index contributed by atoms with van der Waals surface area (Å²) in [5, 5.41) is 0. The maximum Gasteiger partial charge on any atom is 0.419 e. The van der Waals surface area contributed by atoms with E-state index in [0.717, 1.165) is 18.1 Å². The highest BCUT2D eigenvalue weighted by Gasteiger charge is 2.34. The Balaban J connectivity index is 2.32. The molecule has 20 heavy (non-hydrogen) atoms. The lowest BCUT2D eigenvalue weighted by molar-refractivity contribution is -0.138. The Labute approximate surface area is 116 Å². The molecule has 2 aromatic carbocycles. The first kappa shape index (κ1) is 14.4. The molecule has 4 heteroatoms. The van der Waals surface area contributed by atoms with Gasteiger partial charge in [-0.15, -0.1) is 0 Å². The molecule has 0 radical (unpaired) electrons. The van der Waals surface area contributed by atoms with Crippen molar-refractivity contribution in [3.05, 3.63) is 59.2 Å². The Hall–Kier alpha value is -1.97. The molecule has 0 aliphatic carbocycles. The summed E-state index contributed by atoms with van der Waals surface area (Å²) >= 11 is 0. The van der Waals surface area contributed by atoms with E-state index >= 15 is 0 Å². The molecule has 0 fully saturated rings. The lowest BCUT2D eigenvalue weighted by Crippen LogP contribution is -2.07. The Kier molecular flexibility index (Phi) is 4.02. The molecular formula is C16H15F3O. The number of halogens is 3. The third-order valence-corrected chi connectivity index (χ3v) is 3.00. The van der Waals surface area contributed by atoms with E-state index in [1.54, 1.807) is 25.1 Å². The minimum absolute atomic E-state index is 0.174. The normalized spacial score (nSPS) is 11.4. The van der Waals surface area contributed by atoms with Gasteiger partial charge in [0.25, 0.3) is 0 Å². The second kappa shape index (κ2) is 5.57. The van der Waals surface area contributed by atoms with Crippen molar-refractivity contribution in [2.24, 2.45) is 0 Å². The van der Waals surface area contributed by atoms with Crippen LogP contribution in [-0.4, -0.2) is 0 Å². The van der Waals surface area contributed by atoms with E-state index in [0.29, 0.717) is 11.3 Å². The van der Waals surface area contributed by atoms with Crippen LogP contribution in [0.2, 0.25) is 0 Å².